The Bertz CT molecular complexity index is 818. The van der Waals surface area contributed by atoms with Gasteiger partial charge in [-0.05, 0) is 74.7 Å². The van der Waals surface area contributed by atoms with E-state index in [2.05, 4.69) is 13.8 Å². The van der Waals surface area contributed by atoms with Crippen LogP contribution in [0.2, 0.25) is 0 Å². The lowest BCUT2D eigenvalue weighted by molar-refractivity contribution is -0.137. The molecule has 1 heterocycles. The molecular formula is C25H34O4S. The zero-order valence-electron chi connectivity index (χ0n) is 18.4. The van der Waals surface area contributed by atoms with E-state index in [-0.39, 0.29) is 39.0 Å². The molecular weight excluding hydrogens is 396 g/mol. The van der Waals surface area contributed by atoms with Gasteiger partial charge in [-0.1, -0.05) is 19.4 Å². The van der Waals surface area contributed by atoms with E-state index in [1.54, 1.807) is 18.7 Å². The van der Waals surface area contributed by atoms with E-state index in [0.717, 1.165) is 38.5 Å². The second-order valence-electron chi connectivity index (χ2n) is 10.9. The van der Waals surface area contributed by atoms with Gasteiger partial charge in [0, 0.05) is 29.4 Å². The first-order chi connectivity index (χ1) is 14.2. The molecule has 0 aromatic carbocycles. The Morgan fingerprint density at radius 1 is 1.10 bits per heavy atom. The van der Waals surface area contributed by atoms with Crippen molar-refractivity contribution in [2.24, 2.45) is 34.5 Å². The van der Waals surface area contributed by atoms with Gasteiger partial charge < -0.3 is 4.74 Å². The van der Waals surface area contributed by atoms with Crippen molar-refractivity contribution in [2.45, 2.75) is 82.6 Å². The molecule has 0 spiro atoms. The summed E-state index contributed by atoms with van der Waals surface area (Å²) in [4.78, 5) is 37.2. The van der Waals surface area contributed by atoms with E-state index < -0.39 is 0 Å². The highest BCUT2D eigenvalue weighted by Crippen LogP contribution is 2.67. The summed E-state index contributed by atoms with van der Waals surface area (Å²) in [5, 5.41) is 0.0320. The zero-order valence-corrected chi connectivity index (χ0v) is 19.3. The Balaban J connectivity index is 1.47. The molecule has 4 nitrogen and oxygen atoms in total. The molecule has 1 aliphatic heterocycles. The Hall–Kier alpha value is -1.10. The first kappa shape index (κ1) is 20.8. The summed E-state index contributed by atoms with van der Waals surface area (Å²) in [6, 6.07) is 0. The molecule has 5 aliphatic rings. The molecule has 0 radical (unpaired) electrons. The Morgan fingerprint density at radius 2 is 1.90 bits per heavy atom. The largest absolute Gasteiger partial charge is 0.465 e. The van der Waals surface area contributed by atoms with Crippen LogP contribution in [0.5, 0.6) is 0 Å². The number of hydrogen-bond acceptors (Lipinski definition) is 5. The molecule has 4 fully saturated rings. The van der Waals surface area contributed by atoms with Gasteiger partial charge in [0.2, 0.25) is 0 Å². The summed E-state index contributed by atoms with van der Waals surface area (Å²) in [5.41, 5.74) is 1.45. The monoisotopic (exact) mass is 430 g/mol. The maximum absolute atomic E-state index is 12.6. The van der Waals surface area contributed by atoms with E-state index >= 15 is 0 Å². The number of rotatable bonds is 3. The fraction of sp³-hybridized carbons (Fsp3) is 0.800. The second kappa shape index (κ2) is 7.21. The minimum atomic E-state index is -0.123. The van der Waals surface area contributed by atoms with Crippen LogP contribution < -0.4 is 0 Å². The van der Waals surface area contributed by atoms with E-state index in [4.69, 9.17) is 4.74 Å². The van der Waals surface area contributed by atoms with Crippen LogP contribution in [0.15, 0.2) is 11.6 Å². The number of hydrogen-bond donors (Lipinski definition) is 0. The third-order valence-electron chi connectivity index (χ3n) is 9.74. The van der Waals surface area contributed by atoms with E-state index in [1.165, 1.54) is 12.0 Å². The summed E-state index contributed by atoms with van der Waals surface area (Å²) in [6.07, 6.45) is 9.85. The van der Waals surface area contributed by atoms with Crippen molar-refractivity contribution in [1.29, 1.82) is 0 Å². The number of esters is 1. The smallest absolute Gasteiger partial charge is 0.319 e. The highest BCUT2D eigenvalue weighted by molar-refractivity contribution is 8.01. The quantitative estimate of drug-likeness (QED) is 0.605. The topological polar surface area (TPSA) is 60.4 Å². The van der Waals surface area contributed by atoms with Crippen molar-refractivity contribution in [3.05, 3.63) is 11.6 Å². The predicted molar refractivity (Wildman–Crippen MR) is 117 cm³/mol. The summed E-state index contributed by atoms with van der Waals surface area (Å²) in [5.74, 6) is 2.51. The van der Waals surface area contributed by atoms with E-state index in [9.17, 15) is 14.4 Å². The van der Waals surface area contributed by atoms with Crippen LogP contribution in [0.1, 0.15) is 72.1 Å². The van der Waals surface area contributed by atoms with Crippen LogP contribution in [-0.2, 0) is 19.1 Å². The van der Waals surface area contributed by atoms with Gasteiger partial charge in [0.05, 0.1) is 6.61 Å². The van der Waals surface area contributed by atoms with Crippen molar-refractivity contribution >= 4 is 29.3 Å². The molecule has 0 aromatic rings. The standard InChI is InChI=1S/C25H34O4S/c1-14(26)18-6-7-19-17-5-4-15-12-16(27)13-22(30-21-9-11-29-23(21)28)25(15,3)20(17)8-10-24(18,19)2/h12,17-22H,4-11,13H2,1-3H3/t17-,18+,19-,20-,21?,22?,24+,25-/m0/s1. The van der Waals surface area contributed by atoms with Gasteiger partial charge in [-0.3, -0.25) is 14.4 Å². The minimum absolute atomic E-state index is 0.0278. The molecule has 0 N–H and O–H groups in total. The Labute approximate surface area is 184 Å². The van der Waals surface area contributed by atoms with E-state index in [0.29, 0.717) is 36.6 Å². The van der Waals surface area contributed by atoms with Crippen LogP contribution in [-0.4, -0.2) is 34.6 Å². The minimum Gasteiger partial charge on any atom is -0.465 e. The summed E-state index contributed by atoms with van der Waals surface area (Å²) >= 11 is 1.72. The number of Topliss-reactive ketones (excluding diaryl/α,β-unsaturated/α-hetero) is 1. The number of cyclic esters (lactones) is 1. The maximum Gasteiger partial charge on any atom is 0.319 e. The van der Waals surface area contributed by atoms with Crippen LogP contribution in [0.25, 0.3) is 0 Å². The molecule has 2 unspecified atom stereocenters. The third kappa shape index (κ3) is 2.90. The molecule has 164 valence electrons. The number of thioether (sulfide) groups is 1. The molecule has 5 rings (SSSR count). The molecule has 0 bridgehead atoms. The van der Waals surface area contributed by atoms with Gasteiger partial charge in [0.25, 0.3) is 0 Å². The molecule has 5 heteroatoms. The highest BCUT2D eigenvalue weighted by atomic mass is 32.2. The summed E-state index contributed by atoms with van der Waals surface area (Å²) < 4.78 is 5.22. The first-order valence-electron chi connectivity index (χ1n) is 11.8. The summed E-state index contributed by atoms with van der Waals surface area (Å²) in [6.45, 7) is 7.06. The normalized spacial score (nSPS) is 47.8. The Morgan fingerprint density at radius 3 is 2.60 bits per heavy atom. The second-order valence-corrected chi connectivity index (χ2v) is 12.3. The Kier molecular flexibility index (Phi) is 5.00. The van der Waals surface area contributed by atoms with Crippen LogP contribution in [0.3, 0.4) is 0 Å². The van der Waals surface area contributed by atoms with E-state index in [1.807, 2.05) is 6.08 Å². The van der Waals surface area contributed by atoms with Crippen molar-refractivity contribution in [2.75, 3.05) is 6.61 Å². The van der Waals surface area contributed by atoms with Gasteiger partial charge in [-0.25, -0.2) is 0 Å². The number of allylic oxidation sites excluding steroid dienone is 1. The number of fused-ring (bicyclic) bond motifs is 5. The lowest BCUT2D eigenvalue weighted by Crippen LogP contribution is -2.55. The number of ketones is 2. The molecule has 0 amide bonds. The van der Waals surface area contributed by atoms with Crippen LogP contribution in [0, 0.1) is 34.5 Å². The van der Waals surface area contributed by atoms with Crippen molar-refractivity contribution in [1.82, 2.24) is 0 Å². The average molecular weight is 431 g/mol. The van der Waals surface area contributed by atoms with Crippen molar-refractivity contribution in [3.63, 3.8) is 0 Å². The zero-order chi connectivity index (χ0) is 21.3. The maximum atomic E-state index is 12.6. The molecule has 4 aliphatic carbocycles. The highest BCUT2D eigenvalue weighted by Gasteiger charge is 2.61. The lowest BCUT2D eigenvalue weighted by Gasteiger charge is -2.60. The predicted octanol–water partition coefficient (Wildman–Crippen LogP) is 4.75. The average Bonchev–Trinajstić information content (AvgIpc) is 3.25. The molecule has 3 saturated carbocycles. The van der Waals surface area contributed by atoms with Crippen molar-refractivity contribution in [3.8, 4) is 0 Å². The van der Waals surface area contributed by atoms with Gasteiger partial charge in [0.15, 0.2) is 5.78 Å². The lowest BCUT2D eigenvalue weighted by atomic mass is 9.46. The number of ether oxygens (including phenoxy) is 1. The summed E-state index contributed by atoms with van der Waals surface area (Å²) in [7, 11) is 0. The number of carbonyl (C=O) groups is 3. The first-order valence-corrected chi connectivity index (χ1v) is 12.8. The SMILES string of the molecule is CC(=O)[C@H]1CC[C@H]2[C@@H]3CCC4=CC(=O)CC(SC5CCOC5=O)[C@]4(C)[C@H]3CC[C@]12C. The third-order valence-corrected chi connectivity index (χ3v) is 11.5. The molecule has 8 atom stereocenters. The molecule has 30 heavy (non-hydrogen) atoms. The van der Waals surface area contributed by atoms with Gasteiger partial charge in [-0.2, -0.15) is 0 Å². The van der Waals surface area contributed by atoms with Crippen LogP contribution >= 0.6 is 11.8 Å². The van der Waals surface area contributed by atoms with Gasteiger partial charge in [-0.15, -0.1) is 11.8 Å². The molecule has 1 saturated heterocycles. The molecule has 0 aromatic heterocycles. The number of carbonyl (C=O) groups excluding carboxylic acids is 3. The van der Waals surface area contributed by atoms with Gasteiger partial charge >= 0.3 is 5.97 Å². The van der Waals surface area contributed by atoms with Crippen molar-refractivity contribution < 1.29 is 19.1 Å². The van der Waals surface area contributed by atoms with Gasteiger partial charge in [0.1, 0.15) is 11.0 Å². The fourth-order valence-electron chi connectivity index (χ4n) is 8.24. The van der Waals surface area contributed by atoms with Crippen LogP contribution in [0.4, 0.5) is 0 Å². The fourth-order valence-corrected chi connectivity index (χ4v) is 9.92.